The van der Waals surface area contributed by atoms with Gasteiger partial charge in [0.25, 0.3) is 0 Å². The minimum Gasteiger partial charge on any atom is -0.323 e. The molecule has 1 heterocycles. The Morgan fingerprint density at radius 1 is 1.60 bits per heavy atom. The van der Waals surface area contributed by atoms with Gasteiger partial charge in [0.2, 0.25) is 5.91 Å². The summed E-state index contributed by atoms with van der Waals surface area (Å²) in [4.78, 5) is 13.2. The number of carbonyl (C=O) groups excluding carboxylic acids is 1. The van der Waals surface area contributed by atoms with Crippen molar-refractivity contribution in [1.82, 2.24) is 4.90 Å². The number of carbonyl (C=O) groups is 1. The first kappa shape index (κ1) is 13.2. The van der Waals surface area contributed by atoms with Crippen molar-refractivity contribution in [3.8, 4) is 0 Å². The molecular weight excluding hydrogens is 254 g/mol. The second-order valence-electron chi connectivity index (χ2n) is 3.57. The van der Waals surface area contributed by atoms with E-state index in [0.29, 0.717) is 12.3 Å². The predicted octanol–water partition coefficient (Wildman–Crippen LogP) is 0.251. The summed E-state index contributed by atoms with van der Waals surface area (Å²) in [5.74, 6) is 1.05. The topological polar surface area (TPSA) is 54.5 Å². The number of thiol groups is 1. The lowest BCUT2D eigenvalue weighted by Gasteiger charge is -2.34. The van der Waals surface area contributed by atoms with Gasteiger partial charge in [0.05, 0.1) is 5.25 Å². The molecule has 1 saturated heterocycles. The zero-order valence-electron chi connectivity index (χ0n) is 8.71. The second kappa shape index (κ2) is 4.97. The molecule has 0 saturated carbocycles. The van der Waals surface area contributed by atoms with Crippen LogP contribution in [0.25, 0.3) is 0 Å². The van der Waals surface area contributed by atoms with Crippen LogP contribution < -0.4 is 0 Å². The highest BCUT2D eigenvalue weighted by Gasteiger charge is 2.34. The molecule has 1 aliphatic heterocycles. The third-order valence-corrected chi connectivity index (χ3v) is 5.08. The number of hydrogen-bond acceptors (Lipinski definition) is 5. The molecule has 0 spiro atoms. The van der Waals surface area contributed by atoms with Gasteiger partial charge in [0.15, 0.2) is 9.84 Å². The summed E-state index contributed by atoms with van der Waals surface area (Å²) >= 11 is 5.61. The summed E-state index contributed by atoms with van der Waals surface area (Å²) in [6.07, 6.45) is 1.17. The van der Waals surface area contributed by atoms with Crippen LogP contribution in [0.1, 0.15) is 6.92 Å². The monoisotopic (exact) mass is 269 g/mol. The second-order valence-corrected chi connectivity index (χ2v) is 7.69. The van der Waals surface area contributed by atoms with E-state index in [1.165, 1.54) is 11.2 Å². The van der Waals surface area contributed by atoms with Crippen LogP contribution >= 0.6 is 24.4 Å². The summed E-state index contributed by atoms with van der Waals surface area (Å²) in [6.45, 7) is 2.15. The van der Waals surface area contributed by atoms with Crippen molar-refractivity contribution in [1.29, 1.82) is 0 Å². The lowest BCUT2D eigenvalue weighted by atomic mass is 10.3. The summed E-state index contributed by atoms with van der Waals surface area (Å²) in [5, 5.41) is -1.13. The molecule has 2 atom stereocenters. The Labute approximate surface area is 100 Å². The van der Waals surface area contributed by atoms with Crippen molar-refractivity contribution in [3.05, 3.63) is 0 Å². The molecule has 4 nitrogen and oxygen atoms in total. The van der Waals surface area contributed by atoms with E-state index in [9.17, 15) is 13.2 Å². The summed E-state index contributed by atoms with van der Waals surface area (Å²) in [7, 11) is -3.20. The van der Waals surface area contributed by atoms with E-state index in [1.807, 2.05) is 0 Å². The highest BCUT2D eigenvalue weighted by atomic mass is 32.2. The van der Waals surface area contributed by atoms with Crippen LogP contribution in [0, 0.1) is 0 Å². The molecular formula is C8H15NO3S3. The maximum absolute atomic E-state index is 11.7. The van der Waals surface area contributed by atoms with Gasteiger partial charge < -0.3 is 4.90 Å². The molecule has 15 heavy (non-hydrogen) atoms. The van der Waals surface area contributed by atoms with Crippen molar-refractivity contribution in [2.75, 3.05) is 24.3 Å². The van der Waals surface area contributed by atoms with E-state index >= 15 is 0 Å². The van der Waals surface area contributed by atoms with E-state index in [1.54, 1.807) is 18.7 Å². The van der Waals surface area contributed by atoms with Gasteiger partial charge in [-0.25, -0.2) is 8.42 Å². The highest BCUT2D eigenvalue weighted by Crippen LogP contribution is 2.21. The molecule has 0 N–H and O–H groups in total. The Morgan fingerprint density at radius 3 is 2.67 bits per heavy atom. The zero-order chi connectivity index (χ0) is 11.6. The fourth-order valence-corrected chi connectivity index (χ4v) is 4.40. The quantitative estimate of drug-likeness (QED) is 0.730. The van der Waals surface area contributed by atoms with Crippen molar-refractivity contribution in [2.45, 2.75) is 17.5 Å². The SMILES string of the molecule is CC(S)C(=O)N1CCSCC1S(C)(=O)=O. The van der Waals surface area contributed by atoms with Crippen LogP contribution in [0.3, 0.4) is 0 Å². The molecule has 1 amide bonds. The molecule has 0 aliphatic carbocycles. The molecule has 88 valence electrons. The van der Waals surface area contributed by atoms with Gasteiger partial charge in [-0.3, -0.25) is 4.79 Å². The van der Waals surface area contributed by atoms with Crippen molar-refractivity contribution >= 4 is 40.1 Å². The summed E-state index contributed by atoms with van der Waals surface area (Å²) in [5.41, 5.74) is 0. The first-order valence-electron chi connectivity index (χ1n) is 4.59. The Morgan fingerprint density at radius 2 is 2.20 bits per heavy atom. The Balaban J connectivity index is 2.89. The van der Waals surface area contributed by atoms with Gasteiger partial charge in [0, 0.05) is 24.3 Å². The fourth-order valence-electron chi connectivity index (χ4n) is 1.43. The van der Waals surface area contributed by atoms with Crippen LogP contribution in [-0.4, -0.2) is 54.2 Å². The average Bonchev–Trinajstić information content (AvgIpc) is 2.15. The normalized spacial score (nSPS) is 25.0. The van der Waals surface area contributed by atoms with Crippen LogP contribution in [0.2, 0.25) is 0 Å². The third kappa shape index (κ3) is 3.29. The standard InChI is InChI=1S/C8H15NO3S3/c1-6(13)8(10)9-3-4-14-5-7(9)15(2,11)12/h6-7,13H,3-5H2,1-2H3. The molecule has 0 aromatic carbocycles. The van der Waals surface area contributed by atoms with Gasteiger partial charge in [-0.1, -0.05) is 0 Å². The van der Waals surface area contributed by atoms with E-state index < -0.39 is 20.5 Å². The smallest absolute Gasteiger partial charge is 0.236 e. The Hall–Kier alpha value is 0.120. The molecule has 0 radical (unpaired) electrons. The van der Waals surface area contributed by atoms with E-state index in [-0.39, 0.29) is 5.91 Å². The molecule has 1 aliphatic rings. The van der Waals surface area contributed by atoms with Crippen LogP contribution in [0.5, 0.6) is 0 Å². The first-order chi connectivity index (χ1) is 6.84. The van der Waals surface area contributed by atoms with Crippen LogP contribution in [0.15, 0.2) is 0 Å². The van der Waals surface area contributed by atoms with Crippen molar-refractivity contribution < 1.29 is 13.2 Å². The first-order valence-corrected chi connectivity index (χ1v) is 8.21. The minimum absolute atomic E-state index is 0.200. The summed E-state index contributed by atoms with van der Waals surface area (Å²) < 4.78 is 23.0. The van der Waals surface area contributed by atoms with E-state index in [2.05, 4.69) is 12.6 Å². The number of thioether (sulfide) groups is 1. The Bertz CT molecular complexity index is 339. The number of rotatable bonds is 2. The largest absolute Gasteiger partial charge is 0.323 e. The van der Waals surface area contributed by atoms with Gasteiger partial charge in [-0.15, -0.1) is 0 Å². The number of nitrogens with zero attached hydrogens (tertiary/aromatic N) is 1. The van der Waals surface area contributed by atoms with Crippen LogP contribution in [-0.2, 0) is 14.6 Å². The minimum atomic E-state index is -3.20. The van der Waals surface area contributed by atoms with Crippen molar-refractivity contribution in [3.63, 3.8) is 0 Å². The molecule has 0 aromatic rings. The maximum Gasteiger partial charge on any atom is 0.236 e. The number of hydrogen-bond donors (Lipinski definition) is 1. The lowest BCUT2D eigenvalue weighted by molar-refractivity contribution is -0.130. The Kier molecular flexibility index (Phi) is 4.37. The number of amides is 1. The van der Waals surface area contributed by atoms with E-state index in [4.69, 9.17) is 0 Å². The summed E-state index contributed by atoms with van der Waals surface area (Å²) in [6, 6.07) is 0. The van der Waals surface area contributed by atoms with E-state index in [0.717, 1.165) is 5.75 Å². The zero-order valence-corrected chi connectivity index (χ0v) is 11.2. The van der Waals surface area contributed by atoms with Crippen molar-refractivity contribution in [2.24, 2.45) is 0 Å². The predicted molar refractivity (Wildman–Crippen MR) is 66.1 cm³/mol. The van der Waals surface area contributed by atoms with Gasteiger partial charge in [-0.05, 0) is 6.92 Å². The average molecular weight is 269 g/mol. The molecule has 1 fully saturated rings. The van der Waals surface area contributed by atoms with Gasteiger partial charge in [0.1, 0.15) is 5.37 Å². The molecule has 0 aromatic heterocycles. The highest BCUT2D eigenvalue weighted by molar-refractivity contribution is 8.00. The lowest BCUT2D eigenvalue weighted by Crippen LogP contribution is -2.51. The van der Waals surface area contributed by atoms with Crippen LogP contribution in [0.4, 0.5) is 0 Å². The number of sulfone groups is 1. The third-order valence-electron chi connectivity index (χ3n) is 2.22. The molecule has 7 heteroatoms. The molecule has 1 rings (SSSR count). The maximum atomic E-state index is 11.7. The molecule has 2 unspecified atom stereocenters. The molecule has 0 bridgehead atoms. The fraction of sp³-hybridized carbons (Fsp3) is 0.875. The van der Waals surface area contributed by atoms with Gasteiger partial charge in [-0.2, -0.15) is 24.4 Å². The van der Waals surface area contributed by atoms with Gasteiger partial charge >= 0.3 is 0 Å².